The molecule has 9 heteroatoms. The van der Waals surface area contributed by atoms with Crippen molar-refractivity contribution in [3.05, 3.63) is 87.0 Å². The van der Waals surface area contributed by atoms with Gasteiger partial charge in [0.15, 0.2) is 0 Å². The second kappa shape index (κ2) is 6.71. The van der Waals surface area contributed by atoms with E-state index in [1.807, 2.05) is 6.07 Å². The lowest BCUT2D eigenvalue weighted by atomic mass is 10.2. The summed E-state index contributed by atoms with van der Waals surface area (Å²) < 4.78 is 12.3. The molecule has 0 aliphatic rings. The summed E-state index contributed by atoms with van der Waals surface area (Å²) in [6.07, 6.45) is 1.60. The summed E-state index contributed by atoms with van der Waals surface area (Å²) in [6, 6.07) is 14.4. The molecule has 0 N–H and O–H groups in total. The van der Waals surface area contributed by atoms with Crippen LogP contribution in [0.15, 0.2) is 70.0 Å². The Bertz CT molecular complexity index is 1200. The predicted octanol–water partition coefficient (Wildman–Crippen LogP) is 2.86. The highest BCUT2D eigenvalue weighted by Crippen LogP contribution is 2.24. The van der Waals surface area contributed by atoms with E-state index in [4.69, 9.17) is 9.15 Å². The van der Waals surface area contributed by atoms with Gasteiger partial charge in [-0.2, -0.15) is 0 Å². The number of non-ortho nitro benzene ring substituents is 1. The monoisotopic (exact) mass is 364 g/mol. The lowest BCUT2D eigenvalue weighted by Crippen LogP contribution is -2.02. The summed E-state index contributed by atoms with van der Waals surface area (Å²) in [5, 5.41) is 19.5. The van der Waals surface area contributed by atoms with E-state index in [1.165, 1.54) is 22.9 Å². The summed E-state index contributed by atoms with van der Waals surface area (Å²) in [6.45, 7) is 0.0718. The summed E-state index contributed by atoms with van der Waals surface area (Å²) in [4.78, 5) is 22.1. The highest BCUT2D eigenvalue weighted by atomic mass is 16.6. The molecule has 0 saturated heterocycles. The first-order valence-corrected chi connectivity index (χ1v) is 7.92. The number of aromatic nitrogens is 3. The molecule has 0 aliphatic carbocycles. The first-order chi connectivity index (χ1) is 13.1. The first kappa shape index (κ1) is 16.5. The molecule has 0 unspecified atom stereocenters. The molecule has 0 saturated carbocycles. The number of para-hydroxylation sites is 1. The molecule has 2 heterocycles. The van der Waals surface area contributed by atoms with Gasteiger partial charge in [0.2, 0.25) is 0 Å². The van der Waals surface area contributed by atoms with E-state index < -0.39 is 10.5 Å². The van der Waals surface area contributed by atoms with Gasteiger partial charge < -0.3 is 9.15 Å². The van der Waals surface area contributed by atoms with E-state index in [0.29, 0.717) is 28.1 Å². The Balaban J connectivity index is 1.57. The van der Waals surface area contributed by atoms with Crippen LogP contribution >= 0.6 is 0 Å². The second-order valence-corrected chi connectivity index (χ2v) is 5.65. The minimum atomic E-state index is -0.510. The fourth-order valence-electron chi connectivity index (χ4n) is 2.59. The van der Waals surface area contributed by atoms with Gasteiger partial charge in [-0.3, -0.25) is 10.1 Å². The number of hydrogen-bond donors (Lipinski definition) is 0. The number of nitro groups is 1. The summed E-state index contributed by atoms with van der Waals surface area (Å²) in [5.74, 6) is 0.381. The normalized spacial score (nSPS) is 10.8. The summed E-state index contributed by atoms with van der Waals surface area (Å²) in [5.41, 5.74) is 0.889. The van der Waals surface area contributed by atoms with Gasteiger partial charge in [-0.1, -0.05) is 23.4 Å². The third kappa shape index (κ3) is 3.38. The predicted molar refractivity (Wildman–Crippen MR) is 94.8 cm³/mol. The molecule has 0 fully saturated rings. The van der Waals surface area contributed by atoms with Crippen LogP contribution in [0.25, 0.3) is 16.7 Å². The molecule has 0 atom stereocenters. The van der Waals surface area contributed by atoms with E-state index in [1.54, 1.807) is 36.5 Å². The van der Waals surface area contributed by atoms with Crippen LogP contribution in [0.2, 0.25) is 0 Å². The molecule has 134 valence electrons. The Morgan fingerprint density at radius 1 is 1.15 bits per heavy atom. The highest BCUT2D eigenvalue weighted by molar-refractivity contribution is 5.82. The van der Waals surface area contributed by atoms with E-state index in [9.17, 15) is 14.9 Å². The van der Waals surface area contributed by atoms with Crippen LogP contribution in [0.4, 0.5) is 5.69 Å². The summed E-state index contributed by atoms with van der Waals surface area (Å²) >= 11 is 0. The fourth-order valence-corrected chi connectivity index (χ4v) is 2.59. The number of nitro benzene ring substituents is 1. The molecular formula is C18H12N4O5. The van der Waals surface area contributed by atoms with Gasteiger partial charge in [-0.15, -0.1) is 5.10 Å². The van der Waals surface area contributed by atoms with Crippen LogP contribution in [0, 0.1) is 10.1 Å². The SMILES string of the molecule is O=c1cc(OCc2cn(-c3cccc([N+](=O)[O-])c3)nn2)c2ccccc2o1. The van der Waals surface area contributed by atoms with Crippen molar-refractivity contribution in [2.45, 2.75) is 6.61 Å². The molecule has 0 aliphatic heterocycles. The number of benzene rings is 2. The zero-order valence-corrected chi connectivity index (χ0v) is 13.8. The van der Waals surface area contributed by atoms with Crippen LogP contribution in [-0.4, -0.2) is 19.9 Å². The topological polar surface area (TPSA) is 113 Å². The van der Waals surface area contributed by atoms with Crippen LogP contribution < -0.4 is 10.4 Å². The maximum atomic E-state index is 11.7. The Morgan fingerprint density at radius 3 is 2.85 bits per heavy atom. The molecule has 0 spiro atoms. The van der Waals surface area contributed by atoms with Crippen molar-refractivity contribution in [2.24, 2.45) is 0 Å². The second-order valence-electron chi connectivity index (χ2n) is 5.65. The van der Waals surface area contributed by atoms with Gasteiger partial charge in [-0.25, -0.2) is 9.48 Å². The molecule has 0 radical (unpaired) electrons. The van der Waals surface area contributed by atoms with E-state index >= 15 is 0 Å². The Morgan fingerprint density at radius 2 is 2.00 bits per heavy atom. The molecule has 0 bridgehead atoms. The average Bonchev–Trinajstić information content (AvgIpc) is 3.15. The Hall–Kier alpha value is -4.01. The van der Waals surface area contributed by atoms with Gasteiger partial charge in [0.05, 0.1) is 28.3 Å². The quantitative estimate of drug-likeness (QED) is 0.304. The van der Waals surface area contributed by atoms with Crippen molar-refractivity contribution in [3.8, 4) is 11.4 Å². The maximum Gasteiger partial charge on any atom is 0.339 e. The molecule has 4 rings (SSSR count). The number of rotatable bonds is 5. The molecule has 27 heavy (non-hydrogen) atoms. The zero-order chi connectivity index (χ0) is 18.8. The molecule has 2 aromatic heterocycles. The number of ether oxygens (including phenoxy) is 1. The van der Waals surface area contributed by atoms with Gasteiger partial charge >= 0.3 is 5.63 Å². The van der Waals surface area contributed by atoms with Crippen molar-refractivity contribution in [3.63, 3.8) is 0 Å². The maximum absolute atomic E-state index is 11.7. The van der Waals surface area contributed by atoms with Crippen molar-refractivity contribution in [1.82, 2.24) is 15.0 Å². The molecule has 2 aromatic carbocycles. The van der Waals surface area contributed by atoms with E-state index in [0.717, 1.165) is 0 Å². The van der Waals surface area contributed by atoms with Gasteiger partial charge in [0, 0.05) is 12.1 Å². The van der Waals surface area contributed by atoms with E-state index in [2.05, 4.69) is 10.3 Å². The smallest absolute Gasteiger partial charge is 0.339 e. The molecule has 0 amide bonds. The van der Waals surface area contributed by atoms with E-state index in [-0.39, 0.29) is 12.3 Å². The number of nitrogens with zero attached hydrogens (tertiary/aromatic N) is 4. The Labute approximate surface area is 151 Å². The minimum Gasteiger partial charge on any atom is -0.486 e. The molecule has 9 nitrogen and oxygen atoms in total. The number of hydrogen-bond acceptors (Lipinski definition) is 7. The summed E-state index contributed by atoms with van der Waals surface area (Å²) in [7, 11) is 0. The van der Waals surface area contributed by atoms with Crippen LogP contribution in [0.3, 0.4) is 0 Å². The van der Waals surface area contributed by atoms with Gasteiger partial charge in [-0.05, 0) is 18.2 Å². The third-order valence-electron chi connectivity index (χ3n) is 3.83. The lowest BCUT2D eigenvalue weighted by molar-refractivity contribution is -0.384. The van der Waals surface area contributed by atoms with Gasteiger partial charge in [0.25, 0.3) is 5.69 Å². The largest absolute Gasteiger partial charge is 0.486 e. The fraction of sp³-hybridized carbons (Fsp3) is 0.0556. The molecular weight excluding hydrogens is 352 g/mol. The molecule has 4 aromatic rings. The standard InChI is InChI=1S/C18H12N4O5/c23-18-9-17(15-6-1-2-7-16(15)27-18)26-11-12-10-21(20-19-12)13-4-3-5-14(8-13)22(24)25/h1-10H,11H2. The van der Waals surface area contributed by atoms with Crippen molar-refractivity contribution < 1.29 is 14.1 Å². The lowest BCUT2D eigenvalue weighted by Gasteiger charge is -2.06. The van der Waals surface area contributed by atoms with Crippen molar-refractivity contribution in [2.75, 3.05) is 0 Å². The van der Waals surface area contributed by atoms with Crippen molar-refractivity contribution >= 4 is 16.7 Å². The van der Waals surface area contributed by atoms with Crippen LogP contribution in [0.1, 0.15) is 5.69 Å². The van der Waals surface area contributed by atoms with Gasteiger partial charge in [0.1, 0.15) is 23.6 Å². The van der Waals surface area contributed by atoms with Crippen molar-refractivity contribution in [1.29, 1.82) is 0 Å². The first-order valence-electron chi connectivity index (χ1n) is 7.92. The zero-order valence-electron chi connectivity index (χ0n) is 13.8. The van der Waals surface area contributed by atoms with Crippen LogP contribution in [-0.2, 0) is 6.61 Å². The highest BCUT2D eigenvalue weighted by Gasteiger charge is 2.11. The number of fused-ring (bicyclic) bond motifs is 1. The average molecular weight is 364 g/mol. The van der Waals surface area contributed by atoms with Crippen LogP contribution in [0.5, 0.6) is 5.75 Å². The minimum absolute atomic E-state index is 0.0386. The Kier molecular flexibility index (Phi) is 4.09. The third-order valence-corrected chi connectivity index (χ3v) is 3.83.